The molecule has 1 aromatic rings. The normalized spacial score (nSPS) is 30.6. The number of amides is 1. The molecular formula is C13H14Cl2N2O. The summed E-state index contributed by atoms with van der Waals surface area (Å²) in [5, 5.41) is 0.634. The topological polar surface area (TPSA) is 33.2 Å². The second kappa shape index (κ2) is 4.71. The van der Waals surface area contributed by atoms with Crippen LogP contribution in [0.3, 0.4) is 0 Å². The molecule has 0 saturated carbocycles. The molecule has 96 valence electrons. The maximum absolute atomic E-state index is 12.6. The van der Waals surface area contributed by atoms with E-state index in [-0.39, 0.29) is 23.4 Å². The first-order chi connectivity index (χ1) is 8.66. The lowest BCUT2D eigenvalue weighted by molar-refractivity contribution is 0.0599. The first-order valence-corrected chi connectivity index (χ1v) is 7.04. The molecule has 2 fully saturated rings. The number of hydrogen-bond donors (Lipinski definition) is 0. The van der Waals surface area contributed by atoms with Crippen molar-refractivity contribution in [3.63, 3.8) is 0 Å². The van der Waals surface area contributed by atoms with E-state index in [9.17, 15) is 4.79 Å². The maximum atomic E-state index is 12.6. The Balaban J connectivity index is 1.88. The molecule has 1 aromatic heterocycles. The molecule has 0 radical (unpaired) electrons. The predicted octanol–water partition coefficient (Wildman–Crippen LogP) is 3.11. The predicted molar refractivity (Wildman–Crippen MR) is 71.1 cm³/mol. The van der Waals surface area contributed by atoms with Crippen LogP contribution < -0.4 is 0 Å². The fourth-order valence-electron chi connectivity index (χ4n) is 3.13. The van der Waals surface area contributed by atoms with Gasteiger partial charge in [0.2, 0.25) is 0 Å². The van der Waals surface area contributed by atoms with Gasteiger partial charge >= 0.3 is 0 Å². The molecular weight excluding hydrogens is 271 g/mol. The highest BCUT2D eigenvalue weighted by Gasteiger charge is 2.43. The Bertz CT molecular complexity index is 466. The van der Waals surface area contributed by atoms with E-state index >= 15 is 0 Å². The number of alkyl halides is 1. The minimum absolute atomic E-state index is 0.0264. The van der Waals surface area contributed by atoms with E-state index in [0.29, 0.717) is 10.6 Å². The van der Waals surface area contributed by atoms with Crippen molar-refractivity contribution in [1.29, 1.82) is 0 Å². The number of nitrogens with zero attached hydrogens (tertiary/aromatic N) is 2. The molecule has 18 heavy (non-hydrogen) atoms. The molecule has 3 rings (SSSR count). The zero-order valence-corrected chi connectivity index (χ0v) is 11.4. The van der Waals surface area contributed by atoms with Crippen LogP contribution in [0.2, 0.25) is 5.02 Å². The van der Waals surface area contributed by atoms with Crippen LogP contribution in [0.4, 0.5) is 0 Å². The molecule has 2 atom stereocenters. The van der Waals surface area contributed by atoms with Crippen molar-refractivity contribution in [3.8, 4) is 0 Å². The van der Waals surface area contributed by atoms with E-state index < -0.39 is 0 Å². The lowest BCUT2D eigenvalue weighted by Gasteiger charge is -2.37. The van der Waals surface area contributed by atoms with Gasteiger partial charge in [-0.3, -0.25) is 9.78 Å². The quantitative estimate of drug-likeness (QED) is 0.743. The minimum Gasteiger partial charge on any atom is -0.333 e. The monoisotopic (exact) mass is 284 g/mol. The molecule has 2 aliphatic rings. The summed E-state index contributed by atoms with van der Waals surface area (Å²) in [5.74, 6) is 0.0264. The summed E-state index contributed by atoms with van der Waals surface area (Å²) in [6.07, 6.45) is 7.03. The van der Waals surface area contributed by atoms with E-state index in [2.05, 4.69) is 4.98 Å². The number of carbonyl (C=O) groups is 1. The van der Waals surface area contributed by atoms with Crippen LogP contribution in [-0.2, 0) is 0 Å². The molecule has 2 aliphatic heterocycles. The first-order valence-electron chi connectivity index (χ1n) is 6.23. The van der Waals surface area contributed by atoms with Crippen LogP contribution in [0, 0.1) is 0 Å². The van der Waals surface area contributed by atoms with E-state index in [1.54, 1.807) is 12.3 Å². The summed E-state index contributed by atoms with van der Waals surface area (Å²) in [6.45, 7) is 0. The van der Waals surface area contributed by atoms with Crippen LogP contribution in [0.15, 0.2) is 18.5 Å². The van der Waals surface area contributed by atoms with Gasteiger partial charge in [0.25, 0.3) is 5.91 Å². The summed E-state index contributed by atoms with van der Waals surface area (Å²) in [6, 6.07) is 2.25. The standard InChI is InChI=1S/C13H14Cl2N2O/c14-8-5-9-1-2-10(6-8)17(9)13(18)11-3-4-16-7-12(11)15/h3-4,7-10H,1-2,5-6H2. The number of halogens is 2. The highest BCUT2D eigenvalue weighted by molar-refractivity contribution is 6.33. The van der Waals surface area contributed by atoms with Crippen LogP contribution in [-0.4, -0.2) is 33.3 Å². The Hall–Kier alpha value is -0.800. The molecule has 2 unspecified atom stereocenters. The number of piperidine rings is 1. The van der Waals surface area contributed by atoms with E-state index in [1.807, 2.05) is 4.90 Å². The molecule has 0 N–H and O–H groups in total. The minimum atomic E-state index is 0.0264. The van der Waals surface area contributed by atoms with Crippen molar-refractivity contribution >= 4 is 29.1 Å². The SMILES string of the molecule is O=C(c1ccncc1Cl)N1C2CCC1CC(Cl)C2. The number of fused-ring (bicyclic) bond motifs is 2. The Morgan fingerprint density at radius 1 is 1.33 bits per heavy atom. The van der Waals surface area contributed by atoms with Crippen LogP contribution in [0.1, 0.15) is 36.0 Å². The Kier molecular flexibility index (Phi) is 3.20. The fourth-order valence-corrected chi connectivity index (χ4v) is 3.74. The number of aromatic nitrogens is 1. The van der Waals surface area contributed by atoms with Crippen molar-refractivity contribution < 1.29 is 4.79 Å². The van der Waals surface area contributed by atoms with Gasteiger partial charge in [-0.1, -0.05) is 11.6 Å². The van der Waals surface area contributed by atoms with Crippen molar-refractivity contribution in [1.82, 2.24) is 9.88 Å². The van der Waals surface area contributed by atoms with Crippen LogP contribution in [0.5, 0.6) is 0 Å². The van der Waals surface area contributed by atoms with Gasteiger partial charge in [-0.05, 0) is 31.7 Å². The summed E-state index contributed by atoms with van der Waals surface area (Å²) >= 11 is 12.3. The highest BCUT2D eigenvalue weighted by Crippen LogP contribution is 2.39. The van der Waals surface area contributed by atoms with Crippen LogP contribution in [0.25, 0.3) is 0 Å². The first kappa shape index (κ1) is 12.2. The lowest BCUT2D eigenvalue weighted by Crippen LogP contribution is -2.47. The Morgan fingerprint density at radius 2 is 2.00 bits per heavy atom. The van der Waals surface area contributed by atoms with E-state index in [4.69, 9.17) is 23.2 Å². The van der Waals surface area contributed by atoms with Gasteiger partial charge in [0.05, 0.1) is 10.6 Å². The second-order valence-corrected chi connectivity index (χ2v) is 6.05. The van der Waals surface area contributed by atoms with Crippen molar-refractivity contribution in [2.75, 3.05) is 0 Å². The van der Waals surface area contributed by atoms with Gasteiger partial charge in [-0.25, -0.2) is 0 Å². The van der Waals surface area contributed by atoms with E-state index in [0.717, 1.165) is 25.7 Å². The molecule has 3 nitrogen and oxygen atoms in total. The van der Waals surface area contributed by atoms with Gasteiger partial charge in [0, 0.05) is 29.9 Å². The zero-order valence-electron chi connectivity index (χ0n) is 9.85. The molecule has 2 bridgehead atoms. The third-order valence-electron chi connectivity index (χ3n) is 3.91. The smallest absolute Gasteiger partial charge is 0.255 e. The average molecular weight is 285 g/mol. The zero-order chi connectivity index (χ0) is 12.7. The number of hydrogen-bond acceptors (Lipinski definition) is 2. The Labute approximate surface area is 116 Å². The van der Waals surface area contributed by atoms with Gasteiger partial charge in [-0.15, -0.1) is 11.6 Å². The van der Waals surface area contributed by atoms with Gasteiger partial charge in [0.15, 0.2) is 0 Å². The molecule has 5 heteroatoms. The number of pyridine rings is 1. The molecule has 0 aromatic carbocycles. The highest BCUT2D eigenvalue weighted by atomic mass is 35.5. The lowest BCUT2D eigenvalue weighted by atomic mass is 10.0. The second-order valence-electron chi connectivity index (χ2n) is 5.02. The summed E-state index contributed by atoms with van der Waals surface area (Å²) in [4.78, 5) is 18.5. The van der Waals surface area contributed by atoms with Crippen LogP contribution >= 0.6 is 23.2 Å². The largest absolute Gasteiger partial charge is 0.333 e. The molecule has 2 saturated heterocycles. The van der Waals surface area contributed by atoms with Gasteiger partial charge in [0.1, 0.15) is 0 Å². The summed E-state index contributed by atoms with van der Waals surface area (Å²) in [7, 11) is 0. The molecule has 0 aliphatic carbocycles. The summed E-state index contributed by atoms with van der Waals surface area (Å²) < 4.78 is 0. The van der Waals surface area contributed by atoms with Crippen molar-refractivity contribution in [3.05, 3.63) is 29.0 Å². The third kappa shape index (κ3) is 1.99. The van der Waals surface area contributed by atoms with Gasteiger partial charge in [-0.2, -0.15) is 0 Å². The average Bonchev–Trinajstić information content (AvgIpc) is 2.61. The molecule has 1 amide bonds. The number of rotatable bonds is 1. The fraction of sp³-hybridized carbons (Fsp3) is 0.538. The third-order valence-corrected chi connectivity index (χ3v) is 4.57. The molecule has 0 spiro atoms. The van der Waals surface area contributed by atoms with Gasteiger partial charge < -0.3 is 4.90 Å². The van der Waals surface area contributed by atoms with Crippen molar-refractivity contribution in [2.45, 2.75) is 43.1 Å². The maximum Gasteiger partial charge on any atom is 0.255 e. The Morgan fingerprint density at radius 3 is 2.61 bits per heavy atom. The molecule has 3 heterocycles. The van der Waals surface area contributed by atoms with E-state index in [1.165, 1.54) is 6.20 Å². The number of carbonyl (C=O) groups excluding carboxylic acids is 1. The summed E-state index contributed by atoms with van der Waals surface area (Å²) in [5.41, 5.74) is 0.552. The van der Waals surface area contributed by atoms with Crippen molar-refractivity contribution in [2.24, 2.45) is 0 Å².